The minimum atomic E-state index is -3.56. The fraction of sp³-hybridized carbons (Fsp3) is 0.643. The molecule has 0 radical (unpaired) electrons. The molecule has 0 aliphatic carbocycles. The fourth-order valence-corrected chi connectivity index (χ4v) is 3.99. The number of rotatable bonds is 9. The summed E-state index contributed by atoms with van der Waals surface area (Å²) in [7, 11) is -0.273. The molecule has 7 heteroatoms. The van der Waals surface area contributed by atoms with E-state index in [2.05, 4.69) is 10.3 Å². The number of sulfonamides is 1. The predicted octanol–water partition coefficient (Wildman–Crippen LogP) is 1.95. The average Bonchev–Trinajstić information content (AvgIpc) is 2.51. The second-order valence-corrected chi connectivity index (χ2v) is 6.60. The zero-order chi connectivity index (χ0) is 15.9. The number of hydrogen-bond acceptors (Lipinski definition) is 5. The number of hydrogen-bond donors (Lipinski definition) is 1. The van der Waals surface area contributed by atoms with Gasteiger partial charge >= 0.3 is 0 Å². The Balaban J connectivity index is 3.18. The Morgan fingerprint density at radius 2 is 2.05 bits per heavy atom. The van der Waals surface area contributed by atoms with Gasteiger partial charge in [0.1, 0.15) is 5.82 Å². The van der Waals surface area contributed by atoms with Crippen LogP contribution >= 0.6 is 0 Å². The van der Waals surface area contributed by atoms with Crippen LogP contribution in [0.5, 0.6) is 0 Å². The average molecular weight is 315 g/mol. The number of methoxy groups -OCH3 is 1. The zero-order valence-corrected chi connectivity index (χ0v) is 14.0. The van der Waals surface area contributed by atoms with Crippen LogP contribution in [0.25, 0.3) is 0 Å². The molecule has 0 spiro atoms. The number of aromatic nitrogens is 1. The van der Waals surface area contributed by atoms with Gasteiger partial charge in [-0.25, -0.2) is 13.4 Å². The third-order valence-corrected chi connectivity index (χ3v) is 5.41. The van der Waals surface area contributed by atoms with E-state index in [-0.39, 0.29) is 10.9 Å². The summed E-state index contributed by atoms with van der Waals surface area (Å²) in [6, 6.07) is 3.05. The Hall–Kier alpha value is -1.18. The van der Waals surface area contributed by atoms with Gasteiger partial charge in [-0.15, -0.1) is 0 Å². The molecule has 0 bridgehead atoms. The van der Waals surface area contributed by atoms with Crippen LogP contribution in [-0.4, -0.2) is 51.1 Å². The summed E-state index contributed by atoms with van der Waals surface area (Å²) in [6.45, 7) is 4.71. The van der Waals surface area contributed by atoms with Gasteiger partial charge in [0, 0.05) is 39.0 Å². The van der Waals surface area contributed by atoms with E-state index in [0.29, 0.717) is 19.0 Å². The van der Waals surface area contributed by atoms with E-state index in [1.54, 1.807) is 20.2 Å². The van der Waals surface area contributed by atoms with Crippen LogP contribution in [0.4, 0.5) is 5.82 Å². The zero-order valence-electron chi connectivity index (χ0n) is 13.2. The first kappa shape index (κ1) is 17.9. The lowest BCUT2D eigenvalue weighted by Crippen LogP contribution is -2.41. The minimum Gasteiger partial charge on any atom is -0.383 e. The van der Waals surface area contributed by atoms with Crippen LogP contribution in [-0.2, 0) is 14.8 Å². The third-order valence-electron chi connectivity index (χ3n) is 3.46. The van der Waals surface area contributed by atoms with Crippen molar-refractivity contribution in [3.8, 4) is 0 Å². The maximum Gasteiger partial charge on any atom is 0.243 e. The summed E-state index contributed by atoms with van der Waals surface area (Å²) in [6.07, 6.45) is 3.03. The number of anilines is 1. The highest BCUT2D eigenvalue weighted by Crippen LogP contribution is 2.22. The van der Waals surface area contributed by atoms with Crippen LogP contribution in [0.2, 0.25) is 0 Å². The molecule has 1 aromatic heterocycles. The molecular formula is C14H25N3O3S. The summed E-state index contributed by atoms with van der Waals surface area (Å²) in [5, 5.41) is 2.86. The third kappa shape index (κ3) is 4.39. The SMILES string of the molecule is CCC(CC)N(CCOC)S(=O)(=O)c1ccnc(NC)c1. The van der Waals surface area contributed by atoms with Crippen LogP contribution < -0.4 is 5.32 Å². The summed E-state index contributed by atoms with van der Waals surface area (Å²) < 4.78 is 32.4. The fourth-order valence-electron chi connectivity index (χ4n) is 2.22. The lowest BCUT2D eigenvalue weighted by atomic mass is 10.2. The highest BCUT2D eigenvalue weighted by atomic mass is 32.2. The van der Waals surface area contributed by atoms with E-state index >= 15 is 0 Å². The van der Waals surface area contributed by atoms with Crippen LogP contribution in [0.3, 0.4) is 0 Å². The van der Waals surface area contributed by atoms with Gasteiger partial charge < -0.3 is 10.1 Å². The van der Waals surface area contributed by atoms with Gasteiger partial charge in [-0.3, -0.25) is 0 Å². The first-order valence-electron chi connectivity index (χ1n) is 7.15. The topological polar surface area (TPSA) is 71.5 Å². The molecule has 1 aromatic rings. The minimum absolute atomic E-state index is 0.0312. The van der Waals surface area contributed by atoms with Crippen molar-refractivity contribution in [2.45, 2.75) is 37.6 Å². The maximum absolute atomic E-state index is 12.9. The highest BCUT2D eigenvalue weighted by Gasteiger charge is 2.29. The summed E-state index contributed by atoms with van der Waals surface area (Å²) >= 11 is 0. The molecule has 0 saturated carbocycles. The lowest BCUT2D eigenvalue weighted by molar-refractivity contribution is 0.163. The van der Waals surface area contributed by atoms with Crippen molar-refractivity contribution in [1.82, 2.24) is 9.29 Å². The molecule has 0 aliphatic rings. The quantitative estimate of drug-likeness (QED) is 0.754. The molecule has 0 aromatic carbocycles. The largest absolute Gasteiger partial charge is 0.383 e. The predicted molar refractivity (Wildman–Crippen MR) is 83.9 cm³/mol. The summed E-state index contributed by atoms with van der Waals surface area (Å²) in [5.41, 5.74) is 0. The van der Waals surface area contributed by atoms with Crippen molar-refractivity contribution in [2.75, 3.05) is 32.6 Å². The van der Waals surface area contributed by atoms with E-state index in [9.17, 15) is 8.42 Å². The van der Waals surface area contributed by atoms with Crippen molar-refractivity contribution in [3.05, 3.63) is 18.3 Å². The van der Waals surface area contributed by atoms with Gasteiger partial charge in [0.2, 0.25) is 10.0 Å². The molecule has 0 atom stereocenters. The molecule has 0 amide bonds. The Bertz CT molecular complexity index is 530. The van der Waals surface area contributed by atoms with Gasteiger partial charge in [0.25, 0.3) is 0 Å². The van der Waals surface area contributed by atoms with Gasteiger partial charge in [-0.2, -0.15) is 4.31 Å². The monoisotopic (exact) mass is 315 g/mol. The Morgan fingerprint density at radius 3 is 2.57 bits per heavy atom. The Labute approximate surface area is 127 Å². The normalized spacial score (nSPS) is 12.1. The smallest absolute Gasteiger partial charge is 0.243 e. The van der Waals surface area contributed by atoms with Crippen LogP contribution in [0.1, 0.15) is 26.7 Å². The van der Waals surface area contributed by atoms with E-state index in [1.807, 2.05) is 13.8 Å². The van der Waals surface area contributed by atoms with Crippen molar-refractivity contribution in [2.24, 2.45) is 0 Å². The molecule has 120 valence electrons. The number of ether oxygens (including phenoxy) is 1. The van der Waals surface area contributed by atoms with Gasteiger partial charge in [0.05, 0.1) is 11.5 Å². The first-order chi connectivity index (χ1) is 10.0. The van der Waals surface area contributed by atoms with E-state index in [1.165, 1.54) is 16.6 Å². The van der Waals surface area contributed by atoms with E-state index < -0.39 is 10.0 Å². The van der Waals surface area contributed by atoms with Gasteiger partial charge in [-0.1, -0.05) is 13.8 Å². The molecule has 1 rings (SSSR count). The molecule has 6 nitrogen and oxygen atoms in total. The van der Waals surface area contributed by atoms with Crippen LogP contribution in [0.15, 0.2) is 23.2 Å². The second kappa shape index (κ2) is 8.31. The standard InChI is InChI=1S/C14H25N3O3S/c1-5-12(6-2)17(9-10-20-4)21(18,19)13-7-8-16-14(11-13)15-3/h7-8,11-12H,5-6,9-10H2,1-4H3,(H,15,16). The van der Waals surface area contributed by atoms with Crippen molar-refractivity contribution in [1.29, 1.82) is 0 Å². The number of pyridine rings is 1. The van der Waals surface area contributed by atoms with Crippen molar-refractivity contribution < 1.29 is 13.2 Å². The number of nitrogens with one attached hydrogen (secondary N) is 1. The Morgan fingerprint density at radius 1 is 1.38 bits per heavy atom. The Kier molecular flexibility index (Phi) is 7.07. The molecule has 1 heterocycles. The molecule has 0 fully saturated rings. The molecule has 0 unspecified atom stereocenters. The van der Waals surface area contributed by atoms with Crippen molar-refractivity contribution in [3.63, 3.8) is 0 Å². The van der Waals surface area contributed by atoms with E-state index in [0.717, 1.165) is 12.8 Å². The lowest BCUT2D eigenvalue weighted by Gasteiger charge is -2.29. The van der Waals surface area contributed by atoms with Crippen LogP contribution in [0, 0.1) is 0 Å². The van der Waals surface area contributed by atoms with E-state index in [4.69, 9.17) is 4.74 Å². The molecule has 0 saturated heterocycles. The highest BCUT2D eigenvalue weighted by molar-refractivity contribution is 7.89. The molecule has 21 heavy (non-hydrogen) atoms. The first-order valence-corrected chi connectivity index (χ1v) is 8.59. The summed E-state index contributed by atoms with van der Waals surface area (Å²) in [4.78, 5) is 4.31. The number of nitrogens with zero attached hydrogens (tertiary/aromatic N) is 2. The van der Waals surface area contributed by atoms with Crippen molar-refractivity contribution >= 4 is 15.8 Å². The van der Waals surface area contributed by atoms with Gasteiger partial charge in [0.15, 0.2) is 0 Å². The molecule has 0 aliphatic heterocycles. The van der Waals surface area contributed by atoms with Gasteiger partial charge in [-0.05, 0) is 18.9 Å². The molecular weight excluding hydrogens is 290 g/mol. The molecule has 1 N–H and O–H groups in total. The second-order valence-electron chi connectivity index (χ2n) is 4.71. The summed E-state index contributed by atoms with van der Waals surface area (Å²) in [5.74, 6) is 0.535. The maximum atomic E-state index is 12.9.